The Morgan fingerprint density at radius 1 is 1.05 bits per heavy atom. The predicted octanol–water partition coefficient (Wildman–Crippen LogP) is 4.96. The maximum absolute atomic E-state index is 13.6. The molecule has 0 radical (unpaired) electrons. The van der Waals surface area contributed by atoms with Crippen molar-refractivity contribution < 1.29 is 8.78 Å². The van der Waals surface area contributed by atoms with Crippen LogP contribution in [0.25, 0.3) is 0 Å². The van der Waals surface area contributed by atoms with E-state index in [1.54, 1.807) is 18.2 Å². The van der Waals surface area contributed by atoms with Gasteiger partial charge in [-0.1, -0.05) is 17.7 Å². The van der Waals surface area contributed by atoms with E-state index in [0.717, 1.165) is 16.8 Å². The van der Waals surface area contributed by atoms with Crippen LogP contribution in [-0.4, -0.2) is 0 Å². The predicted molar refractivity (Wildman–Crippen MR) is 77.3 cm³/mol. The first-order chi connectivity index (χ1) is 8.97. The monoisotopic (exact) mass is 325 g/mol. The minimum atomic E-state index is -0.301. The quantitative estimate of drug-likeness (QED) is 0.841. The summed E-state index contributed by atoms with van der Waals surface area (Å²) in [6.45, 7) is 4.10. The first-order valence-electron chi connectivity index (χ1n) is 5.92. The Balaban J connectivity index is 2.19. The fourth-order valence-electron chi connectivity index (χ4n) is 1.87. The lowest BCUT2D eigenvalue weighted by atomic mass is 10.1. The van der Waals surface area contributed by atoms with E-state index in [0.29, 0.717) is 16.6 Å². The average Bonchev–Trinajstić information content (AvgIpc) is 2.36. The van der Waals surface area contributed by atoms with Gasteiger partial charge in [-0.15, -0.1) is 0 Å². The van der Waals surface area contributed by atoms with Gasteiger partial charge in [-0.25, -0.2) is 8.78 Å². The van der Waals surface area contributed by atoms with Gasteiger partial charge in [0.05, 0.1) is 4.47 Å². The largest absolute Gasteiger partial charge is 0.381 e. The smallest absolute Gasteiger partial charge is 0.137 e. The normalized spacial score (nSPS) is 10.6. The van der Waals surface area contributed by atoms with Crippen molar-refractivity contribution in [3.8, 4) is 0 Å². The molecule has 2 aromatic rings. The summed E-state index contributed by atoms with van der Waals surface area (Å²) in [6.07, 6.45) is 0. The third-order valence-corrected chi connectivity index (χ3v) is 3.55. The van der Waals surface area contributed by atoms with E-state index in [9.17, 15) is 8.78 Å². The summed E-state index contributed by atoms with van der Waals surface area (Å²) >= 11 is 3.14. The van der Waals surface area contributed by atoms with Gasteiger partial charge in [-0.3, -0.25) is 0 Å². The molecule has 2 aromatic carbocycles. The molecule has 100 valence electrons. The van der Waals surface area contributed by atoms with Crippen molar-refractivity contribution >= 4 is 21.6 Å². The zero-order valence-corrected chi connectivity index (χ0v) is 12.3. The van der Waals surface area contributed by atoms with Gasteiger partial charge in [0, 0.05) is 17.8 Å². The fourth-order valence-corrected chi connectivity index (χ4v) is 2.21. The number of halogens is 3. The Morgan fingerprint density at radius 2 is 1.79 bits per heavy atom. The SMILES string of the molecule is Cc1ccc(F)c(CNc2cc(Br)c(F)cc2C)c1. The Hall–Kier alpha value is -1.42. The summed E-state index contributed by atoms with van der Waals surface area (Å²) in [5, 5.41) is 3.13. The molecule has 19 heavy (non-hydrogen) atoms. The first kappa shape index (κ1) is 14.0. The molecule has 0 aliphatic rings. The molecule has 1 N–H and O–H groups in total. The van der Waals surface area contributed by atoms with Gasteiger partial charge < -0.3 is 5.32 Å². The molecule has 0 heterocycles. The lowest BCUT2D eigenvalue weighted by molar-refractivity contribution is 0.612. The van der Waals surface area contributed by atoms with Crippen molar-refractivity contribution in [3.63, 3.8) is 0 Å². The lowest BCUT2D eigenvalue weighted by Gasteiger charge is -2.11. The van der Waals surface area contributed by atoms with Gasteiger partial charge in [-0.05, 0) is 53.5 Å². The summed E-state index contributed by atoms with van der Waals surface area (Å²) in [5.74, 6) is -0.540. The van der Waals surface area contributed by atoms with Gasteiger partial charge in [0.2, 0.25) is 0 Å². The summed E-state index contributed by atoms with van der Waals surface area (Å²) in [4.78, 5) is 0. The van der Waals surface area contributed by atoms with Crippen LogP contribution < -0.4 is 5.32 Å². The molecule has 0 aliphatic heterocycles. The fraction of sp³-hybridized carbons (Fsp3) is 0.200. The molecule has 4 heteroatoms. The van der Waals surface area contributed by atoms with Crippen LogP contribution in [0, 0.1) is 25.5 Å². The molecule has 2 rings (SSSR count). The van der Waals surface area contributed by atoms with E-state index in [4.69, 9.17) is 0 Å². The second-order valence-corrected chi connectivity index (χ2v) is 5.38. The number of aryl methyl sites for hydroxylation is 2. The minimum absolute atomic E-state index is 0.239. The molecule has 0 atom stereocenters. The zero-order chi connectivity index (χ0) is 14.0. The van der Waals surface area contributed by atoms with E-state index in [1.165, 1.54) is 12.1 Å². The van der Waals surface area contributed by atoms with Crippen LogP contribution in [0.3, 0.4) is 0 Å². The zero-order valence-electron chi connectivity index (χ0n) is 10.7. The highest BCUT2D eigenvalue weighted by atomic mass is 79.9. The van der Waals surface area contributed by atoms with Crippen LogP contribution in [0.5, 0.6) is 0 Å². The van der Waals surface area contributed by atoms with Crippen LogP contribution in [0.4, 0.5) is 14.5 Å². The van der Waals surface area contributed by atoms with Crippen LogP contribution in [0.2, 0.25) is 0 Å². The maximum Gasteiger partial charge on any atom is 0.137 e. The van der Waals surface area contributed by atoms with Crippen molar-refractivity contribution in [2.24, 2.45) is 0 Å². The van der Waals surface area contributed by atoms with Crippen molar-refractivity contribution in [2.75, 3.05) is 5.32 Å². The molecule has 1 nitrogen and oxygen atoms in total. The number of hydrogen-bond acceptors (Lipinski definition) is 1. The van der Waals surface area contributed by atoms with E-state index in [1.807, 2.05) is 13.8 Å². The van der Waals surface area contributed by atoms with Gasteiger partial charge in [0.15, 0.2) is 0 Å². The summed E-state index contributed by atoms with van der Waals surface area (Å²) in [7, 11) is 0. The molecule has 0 spiro atoms. The van der Waals surface area contributed by atoms with Gasteiger partial charge in [0.1, 0.15) is 11.6 Å². The molecule has 0 saturated heterocycles. The second kappa shape index (κ2) is 5.70. The number of hydrogen-bond donors (Lipinski definition) is 1. The first-order valence-corrected chi connectivity index (χ1v) is 6.71. The van der Waals surface area contributed by atoms with Gasteiger partial charge in [0.25, 0.3) is 0 Å². The Kier molecular flexibility index (Phi) is 4.20. The molecule has 0 unspecified atom stereocenters. The molecular formula is C15H14BrF2N. The van der Waals surface area contributed by atoms with Crippen molar-refractivity contribution in [2.45, 2.75) is 20.4 Å². The third kappa shape index (κ3) is 3.32. The van der Waals surface area contributed by atoms with Crippen LogP contribution in [-0.2, 0) is 6.54 Å². The highest BCUT2D eigenvalue weighted by Gasteiger charge is 2.07. The molecule has 0 amide bonds. The average molecular weight is 326 g/mol. The van der Waals surface area contributed by atoms with Crippen LogP contribution >= 0.6 is 15.9 Å². The van der Waals surface area contributed by atoms with E-state index in [2.05, 4.69) is 21.2 Å². The Labute approximate surface area is 119 Å². The number of anilines is 1. The molecule has 0 saturated carbocycles. The lowest BCUT2D eigenvalue weighted by Crippen LogP contribution is -2.04. The van der Waals surface area contributed by atoms with E-state index in [-0.39, 0.29) is 11.6 Å². The number of rotatable bonds is 3. The van der Waals surface area contributed by atoms with Crippen molar-refractivity contribution in [1.82, 2.24) is 0 Å². The van der Waals surface area contributed by atoms with Gasteiger partial charge in [-0.2, -0.15) is 0 Å². The topological polar surface area (TPSA) is 12.0 Å². The summed E-state index contributed by atoms with van der Waals surface area (Å²) in [5.41, 5.74) is 3.18. The minimum Gasteiger partial charge on any atom is -0.381 e. The number of benzene rings is 2. The summed E-state index contributed by atoms with van der Waals surface area (Å²) < 4.78 is 27.3. The standard InChI is InChI=1S/C15H14BrF2N/c1-9-3-4-13(17)11(5-9)8-19-15-7-12(16)14(18)6-10(15)2/h3-7,19H,8H2,1-2H3. The van der Waals surface area contributed by atoms with E-state index < -0.39 is 0 Å². The molecular weight excluding hydrogens is 312 g/mol. The number of nitrogens with one attached hydrogen (secondary N) is 1. The molecule has 0 fully saturated rings. The molecule has 0 aromatic heterocycles. The maximum atomic E-state index is 13.6. The van der Waals surface area contributed by atoms with Crippen molar-refractivity contribution in [1.29, 1.82) is 0 Å². The van der Waals surface area contributed by atoms with Crippen LogP contribution in [0.15, 0.2) is 34.8 Å². The van der Waals surface area contributed by atoms with E-state index >= 15 is 0 Å². The Bertz CT molecular complexity index is 611. The second-order valence-electron chi connectivity index (χ2n) is 4.53. The highest BCUT2D eigenvalue weighted by Crippen LogP contribution is 2.25. The third-order valence-electron chi connectivity index (χ3n) is 2.94. The Morgan fingerprint density at radius 3 is 2.53 bits per heavy atom. The molecule has 0 bridgehead atoms. The van der Waals surface area contributed by atoms with Crippen molar-refractivity contribution in [3.05, 3.63) is 63.1 Å². The molecule has 0 aliphatic carbocycles. The highest BCUT2D eigenvalue weighted by molar-refractivity contribution is 9.10. The summed E-state index contributed by atoms with van der Waals surface area (Å²) in [6, 6.07) is 8.10. The van der Waals surface area contributed by atoms with Gasteiger partial charge >= 0.3 is 0 Å². The van der Waals surface area contributed by atoms with Crippen LogP contribution in [0.1, 0.15) is 16.7 Å².